The molecule has 4 nitrogen and oxygen atoms in total. The van der Waals surface area contributed by atoms with Crippen LogP contribution < -0.4 is 5.73 Å². The van der Waals surface area contributed by atoms with Crippen molar-refractivity contribution in [2.24, 2.45) is 5.73 Å². The van der Waals surface area contributed by atoms with Crippen LogP contribution in [0.1, 0.15) is 30.8 Å². The Morgan fingerprint density at radius 1 is 1.33 bits per heavy atom. The van der Waals surface area contributed by atoms with Crippen LogP contribution in [-0.4, -0.2) is 13.2 Å². The van der Waals surface area contributed by atoms with Crippen LogP contribution >= 0.6 is 19.2 Å². The van der Waals surface area contributed by atoms with E-state index in [2.05, 4.69) is 0 Å². The van der Waals surface area contributed by atoms with Gasteiger partial charge in [-0.15, -0.1) is 0 Å². The fraction of sp³-hybridized carbons (Fsp3) is 0.500. The van der Waals surface area contributed by atoms with E-state index in [0.29, 0.717) is 10.6 Å². The molecule has 2 N–H and O–H groups in total. The van der Waals surface area contributed by atoms with E-state index in [1.54, 1.807) is 26.0 Å². The molecule has 0 bridgehead atoms. The van der Waals surface area contributed by atoms with Crippen molar-refractivity contribution in [2.75, 3.05) is 13.2 Å². The zero-order valence-corrected chi connectivity index (χ0v) is 12.5. The quantitative estimate of drug-likeness (QED) is 0.808. The molecular formula is C12H19ClNO3P. The summed E-state index contributed by atoms with van der Waals surface area (Å²) in [6.07, 6.45) is 0. The number of hydrogen-bond acceptors (Lipinski definition) is 4. The molecule has 0 aromatic heterocycles. The van der Waals surface area contributed by atoms with E-state index in [0.717, 1.165) is 5.56 Å². The number of nitrogens with two attached hydrogens (primary N) is 1. The van der Waals surface area contributed by atoms with Gasteiger partial charge >= 0.3 is 7.60 Å². The molecule has 0 saturated carbocycles. The van der Waals surface area contributed by atoms with Crippen molar-refractivity contribution in [1.82, 2.24) is 0 Å². The first-order valence-electron chi connectivity index (χ1n) is 5.85. The van der Waals surface area contributed by atoms with Crippen molar-refractivity contribution in [3.05, 3.63) is 34.3 Å². The Bertz CT molecular complexity index is 443. The fourth-order valence-corrected chi connectivity index (χ4v) is 3.36. The molecule has 0 saturated heterocycles. The van der Waals surface area contributed by atoms with Gasteiger partial charge in [-0.25, -0.2) is 0 Å². The maximum Gasteiger partial charge on any atom is 0.351 e. The van der Waals surface area contributed by atoms with E-state index in [1.807, 2.05) is 13.0 Å². The lowest BCUT2D eigenvalue weighted by molar-refractivity contribution is 0.212. The van der Waals surface area contributed by atoms with Gasteiger partial charge in [0.15, 0.2) is 0 Å². The summed E-state index contributed by atoms with van der Waals surface area (Å²) in [7, 11) is -3.35. The molecule has 0 heterocycles. The van der Waals surface area contributed by atoms with E-state index >= 15 is 0 Å². The average molecular weight is 292 g/mol. The maximum atomic E-state index is 12.5. The molecular weight excluding hydrogens is 273 g/mol. The molecule has 0 spiro atoms. The summed E-state index contributed by atoms with van der Waals surface area (Å²) in [5, 5.41) is 0.586. The summed E-state index contributed by atoms with van der Waals surface area (Å²) in [5.41, 5.74) is 7.58. The molecule has 1 aromatic carbocycles. The summed E-state index contributed by atoms with van der Waals surface area (Å²) in [6, 6.07) is 5.32. The highest BCUT2D eigenvalue weighted by atomic mass is 35.5. The summed E-state index contributed by atoms with van der Waals surface area (Å²) >= 11 is 6.04. The predicted molar refractivity (Wildman–Crippen MR) is 74.0 cm³/mol. The van der Waals surface area contributed by atoms with Gasteiger partial charge in [-0.05, 0) is 38.0 Å². The van der Waals surface area contributed by atoms with Crippen molar-refractivity contribution in [3.8, 4) is 0 Å². The number of aryl methyl sites for hydroxylation is 1. The molecule has 0 aliphatic heterocycles. The first kappa shape index (κ1) is 15.7. The van der Waals surface area contributed by atoms with Gasteiger partial charge in [0, 0.05) is 5.02 Å². The Kier molecular flexibility index (Phi) is 5.83. The second kappa shape index (κ2) is 6.69. The Morgan fingerprint density at radius 3 is 2.33 bits per heavy atom. The van der Waals surface area contributed by atoms with Gasteiger partial charge in [-0.3, -0.25) is 4.57 Å². The minimum Gasteiger partial charge on any atom is -0.314 e. The molecule has 1 aromatic rings. The lowest BCUT2D eigenvalue weighted by Gasteiger charge is -2.23. The van der Waals surface area contributed by atoms with E-state index in [9.17, 15) is 4.57 Å². The largest absolute Gasteiger partial charge is 0.351 e. The third-order valence-electron chi connectivity index (χ3n) is 2.50. The van der Waals surface area contributed by atoms with Gasteiger partial charge in [-0.2, -0.15) is 0 Å². The number of halogens is 1. The highest BCUT2D eigenvalue weighted by Gasteiger charge is 2.33. The maximum absolute atomic E-state index is 12.5. The molecule has 1 rings (SSSR count). The highest BCUT2D eigenvalue weighted by molar-refractivity contribution is 7.54. The standard InChI is InChI=1S/C12H19ClNO3P/c1-4-16-18(15,17-5-2)12(14)10-7-6-9(3)11(13)8-10/h6-8,12H,4-5,14H2,1-3H3/t12-/m0/s1. The van der Waals surface area contributed by atoms with E-state index in [1.165, 1.54) is 0 Å². The Hall–Kier alpha value is -0.380. The van der Waals surface area contributed by atoms with Crippen LogP contribution in [0.5, 0.6) is 0 Å². The lowest BCUT2D eigenvalue weighted by atomic mass is 10.1. The van der Waals surface area contributed by atoms with E-state index < -0.39 is 13.4 Å². The van der Waals surface area contributed by atoms with Gasteiger partial charge in [0.1, 0.15) is 5.78 Å². The van der Waals surface area contributed by atoms with Crippen molar-refractivity contribution in [3.63, 3.8) is 0 Å². The van der Waals surface area contributed by atoms with Gasteiger partial charge in [0.05, 0.1) is 13.2 Å². The zero-order valence-electron chi connectivity index (χ0n) is 10.9. The number of rotatable bonds is 6. The van der Waals surface area contributed by atoms with Crippen molar-refractivity contribution in [2.45, 2.75) is 26.6 Å². The smallest absolute Gasteiger partial charge is 0.314 e. The number of benzene rings is 1. The van der Waals surface area contributed by atoms with Crippen LogP contribution in [0.25, 0.3) is 0 Å². The van der Waals surface area contributed by atoms with Crippen LogP contribution in [0.15, 0.2) is 18.2 Å². The Labute approximate surface area is 113 Å². The normalized spacial score (nSPS) is 13.6. The molecule has 6 heteroatoms. The molecule has 0 fully saturated rings. The van der Waals surface area contributed by atoms with Gasteiger partial charge < -0.3 is 14.8 Å². The third-order valence-corrected chi connectivity index (χ3v) is 5.12. The minimum atomic E-state index is -3.35. The summed E-state index contributed by atoms with van der Waals surface area (Å²) < 4.78 is 22.9. The average Bonchev–Trinajstić information content (AvgIpc) is 2.32. The SMILES string of the molecule is CCOP(=O)(OCC)[C@H](N)c1ccc(C)c(Cl)c1. The topological polar surface area (TPSA) is 61.5 Å². The van der Waals surface area contributed by atoms with Crippen LogP contribution in [-0.2, 0) is 13.6 Å². The van der Waals surface area contributed by atoms with E-state index in [-0.39, 0.29) is 13.2 Å². The van der Waals surface area contributed by atoms with Crippen molar-refractivity contribution in [1.29, 1.82) is 0 Å². The molecule has 1 atom stereocenters. The van der Waals surface area contributed by atoms with Crippen LogP contribution in [0.4, 0.5) is 0 Å². The van der Waals surface area contributed by atoms with Crippen LogP contribution in [0, 0.1) is 6.92 Å². The molecule has 0 aliphatic rings. The predicted octanol–water partition coefficient (Wildman–Crippen LogP) is 3.87. The summed E-state index contributed by atoms with van der Waals surface area (Å²) in [5.74, 6) is -0.824. The summed E-state index contributed by atoms with van der Waals surface area (Å²) in [4.78, 5) is 0. The Morgan fingerprint density at radius 2 is 1.89 bits per heavy atom. The molecule has 0 unspecified atom stereocenters. The lowest BCUT2D eigenvalue weighted by Crippen LogP contribution is -2.15. The van der Waals surface area contributed by atoms with E-state index in [4.69, 9.17) is 26.4 Å². The second-order valence-corrected chi connectivity index (χ2v) is 6.39. The molecule has 18 heavy (non-hydrogen) atoms. The second-order valence-electron chi connectivity index (χ2n) is 3.83. The molecule has 0 radical (unpaired) electrons. The third kappa shape index (κ3) is 3.56. The van der Waals surface area contributed by atoms with Crippen molar-refractivity contribution < 1.29 is 13.6 Å². The van der Waals surface area contributed by atoms with Crippen molar-refractivity contribution >= 4 is 19.2 Å². The monoisotopic (exact) mass is 291 g/mol. The fourth-order valence-electron chi connectivity index (χ4n) is 1.53. The van der Waals surface area contributed by atoms with Crippen LogP contribution in [0.3, 0.4) is 0 Å². The van der Waals surface area contributed by atoms with Crippen LogP contribution in [0.2, 0.25) is 5.02 Å². The first-order valence-corrected chi connectivity index (χ1v) is 7.84. The highest BCUT2D eigenvalue weighted by Crippen LogP contribution is 2.58. The molecule has 0 amide bonds. The summed E-state index contributed by atoms with van der Waals surface area (Å²) in [6.45, 7) is 5.96. The van der Waals surface area contributed by atoms with Gasteiger partial charge in [0.2, 0.25) is 0 Å². The molecule has 102 valence electrons. The van der Waals surface area contributed by atoms with Gasteiger partial charge in [0.25, 0.3) is 0 Å². The number of hydrogen-bond donors (Lipinski definition) is 1. The zero-order chi connectivity index (χ0) is 13.8. The first-order chi connectivity index (χ1) is 8.44. The van der Waals surface area contributed by atoms with Gasteiger partial charge in [-0.1, -0.05) is 23.7 Å². The minimum absolute atomic E-state index is 0.282. The Balaban J connectivity index is 3.05. The molecule has 0 aliphatic carbocycles.